The first kappa shape index (κ1) is 13.6. The maximum absolute atomic E-state index is 5.46. The summed E-state index contributed by atoms with van der Waals surface area (Å²) in [6, 6.07) is 9.77. The number of rotatable bonds is 6. The third kappa shape index (κ3) is 3.60. The lowest BCUT2D eigenvalue weighted by molar-refractivity contribution is 0.378. The zero-order valence-electron chi connectivity index (χ0n) is 11.2. The Hall–Kier alpha value is -2.35. The first-order chi connectivity index (χ1) is 10.3. The van der Waals surface area contributed by atoms with Crippen molar-refractivity contribution in [3.05, 3.63) is 36.2 Å². The minimum Gasteiger partial charge on any atom is -0.368 e. The largest absolute Gasteiger partial charge is 0.368 e. The zero-order valence-corrected chi connectivity index (χ0v) is 12.0. The van der Waals surface area contributed by atoms with Gasteiger partial charge >= 0.3 is 0 Å². The Kier molecular flexibility index (Phi) is 4.15. The van der Waals surface area contributed by atoms with Crippen LogP contribution in [0.3, 0.4) is 0 Å². The number of aryl methyl sites for hydroxylation is 1. The van der Waals surface area contributed by atoms with Crippen LogP contribution in [0, 0.1) is 0 Å². The average Bonchev–Trinajstić information content (AvgIpc) is 3.14. The van der Waals surface area contributed by atoms with E-state index in [4.69, 9.17) is 10.3 Å². The molecule has 2 aromatic heterocycles. The van der Waals surface area contributed by atoms with Crippen LogP contribution in [-0.4, -0.2) is 31.1 Å². The maximum atomic E-state index is 5.46. The second-order valence-electron chi connectivity index (χ2n) is 4.33. The molecule has 0 aliphatic rings. The normalized spacial score (nSPS) is 10.9. The summed E-state index contributed by atoms with van der Waals surface area (Å²) in [6.45, 7) is 0. The Labute approximate surface area is 125 Å². The van der Waals surface area contributed by atoms with Crippen LogP contribution in [0.1, 0.15) is 12.3 Å². The highest BCUT2D eigenvalue weighted by Crippen LogP contribution is 2.17. The monoisotopic (exact) mass is 302 g/mol. The van der Waals surface area contributed by atoms with Crippen molar-refractivity contribution in [2.75, 3.05) is 11.5 Å². The van der Waals surface area contributed by atoms with E-state index in [9.17, 15) is 0 Å². The number of H-pyrrole nitrogens is 1. The number of anilines is 1. The summed E-state index contributed by atoms with van der Waals surface area (Å²) in [6.07, 6.45) is 1.63. The van der Waals surface area contributed by atoms with E-state index in [0.717, 1.165) is 24.2 Å². The Bertz CT molecular complexity index is 696. The molecule has 0 radical (unpaired) electrons. The molecular formula is C13H14N6OS. The molecule has 0 aliphatic carbocycles. The van der Waals surface area contributed by atoms with Crippen molar-refractivity contribution in [1.29, 1.82) is 0 Å². The highest BCUT2D eigenvalue weighted by atomic mass is 32.2. The number of nitrogen functional groups attached to an aromatic ring is 1. The number of nitrogens with two attached hydrogens (primary N) is 1. The van der Waals surface area contributed by atoms with Crippen molar-refractivity contribution in [3.63, 3.8) is 0 Å². The predicted molar refractivity (Wildman–Crippen MR) is 79.6 cm³/mol. The second-order valence-corrected chi connectivity index (χ2v) is 5.40. The molecule has 0 bridgehead atoms. The maximum Gasteiger partial charge on any atom is 0.226 e. The molecule has 8 heteroatoms. The van der Waals surface area contributed by atoms with Crippen LogP contribution in [0.25, 0.3) is 11.4 Å². The van der Waals surface area contributed by atoms with E-state index in [1.807, 2.05) is 30.3 Å². The number of hydrogen-bond donors (Lipinski definition) is 2. The fourth-order valence-electron chi connectivity index (χ4n) is 1.77. The number of nitrogens with one attached hydrogen (secondary N) is 1. The molecule has 0 fully saturated rings. The summed E-state index contributed by atoms with van der Waals surface area (Å²) in [5.41, 5.74) is 6.41. The van der Waals surface area contributed by atoms with Crippen molar-refractivity contribution in [3.8, 4) is 11.4 Å². The topological polar surface area (TPSA) is 107 Å². The Morgan fingerprint density at radius 3 is 2.81 bits per heavy atom. The van der Waals surface area contributed by atoms with E-state index in [0.29, 0.717) is 22.8 Å². The first-order valence-corrected chi connectivity index (χ1v) is 7.48. The van der Waals surface area contributed by atoms with Gasteiger partial charge in [-0.1, -0.05) is 47.3 Å². The molecule has 1 aromatic carbocycles. The van der Waals surface area contributed by atoms with Gasteiger partial charge in [0.05, 0.1) is 0 Å². The summed E-state index contributed by atoms with van der Waals surface area (Å²) in [5.74, 6) is 2.46. The van der Waals surface area contributed by atoms with Gasteiger partial charge in [-0.2, -0.15) is 9.97 Å². The fourth-order valence-corrected chi connectivity index (χ4v) is 2.51. The van der Waals surface area contributed by atoms with Crippen molar-refractivity contribution in [2.45, 2.75) is 18.0 Å². The average molecular weight is 302 g/mol. The molecule has 3 aromatic rings. The fraction of sp³-hybridized carbons (Fsp3) is 0.231. The molecule has 0 saturated heterocycles. The molecule has 21 heavy (non-hydrogen) atoms. The van der Waals surface area contributed by atoms with Gasteiger partial charge in [-0.25, -0.2) is 5.10 Å². The number of aromatic nitrogens is 5. The number of benzene rings is 1. The van der Waals surface area contributed by atoms with Gasteiger partial charge in [-0.05, 0) is 6.42 Å². The highest BCUT2D eigenvalue weighted by molar-refractivity contribution is 7.99. The molecule has 0 unspecified atom stereocenters. The number of aromatic amines is 1. The van der Waals surface area contributed by atoms with E-state index in [1.165, 1.54) is 0 Å². The molecule has 7 nitrogen and oxygen atoms in total. The van der Waals surface area contributed by atoms with Crippen LogP contribution in [0.4, 0.5) is 5.95 Å². The van der Waals surface area contributed by atoms with Gasteiger partial charge in [0.25, 0.3) is 0 Å². The van der Waals surface area contributed by atoms with Gasteiger partial charge in [0.2, 0.25) is 22.8 Å². The van der Waals surface area contributed by atoms with E-state index in [-0.39, 0.29) is 0 Å². The van der Waals surface area contributed by atoms with Crippen molar-refractivity contribution in [2.24, 2.45) is 0 Å². The Morgan fingerprint density at radius 2 is 2.05 bits per heavy atom. The minimum atomic E-state index is 0.335. The van der Waals surface area contributed by atoms with Crippen LogP contribution < -0.4 is 5.73 Å². The number of thioether (sulfide) groups is 1. The lowest BCUT2D eigenvalue weighted by Crippen LogP contribution is -1.89. The van der Waals surface area contributed by atoms with Crippen LogP contribution in [-0.2, 0) is 6.42 Å². The molecule has 2 heterocycles. The molecule has 0 saturated carbocycles. The molecule has 0 atom stereocenters. The van der Waals surface area contributed by atoms with Crippen LogP contribution in [0.15, 0.2) is 40.0 Å². The van der Waals surface area contributed by atoms with Crippen molar-refractivity contribution >= 4 is 17.7 Å². The lowest BCUT2D eigenvalue weighted by Gasteiger charge is -1.94. The van der Waals surface area contributed by atoms with Gasteiger partial charge in [-0.3, -0.25) is 0 Å². The summed E-state index contributed by atoms with van der Waals surface area (Å²) >= 11 is 1.54. The SMILES string of the molecule is Nc1nc(SCCCc2nc(-c3ccccc3)no2)n[nH]1. The highest BCUT2D eigenvalue weighted by Gasteiger charge is 2.08. The van der Waals surface area contributed by atoms with Crippen LogP contribution in [0.2, 0.25) is 0 Å². The summed E-state index contributed by atoms with van der Waals surface area (Å²) in [4.78, 5) is 8.41. The van der Waals surface area contributed by atoms with E-state index in [2.05, 4.69) is 25.3 Å². The molecule has 0 amide bonds. The Morgan fingerprint density at radius 1 is 1.19 bits per heavy atom. The Balaban J connectivity index is 1.49. The standard InChI is InChI=1S/C13H14N6OS/c14-12-16-13(18-17-12)21-8-4-7-10-15-11(19-20-10)9-5-2-1-3-6-9/h1-3,5-6H,4,7-8H2,(H3,14,16,17,18). The number of hydrogen-bond acceptors (Lipinski definition) is 7. The van der Waals surface area contributed by atoms with Crippen LogP contribution in [0.5, 0.6) is 0 Å². The molecule has 108 valence electrons. The molecule has 0 spiro atoms. The van der Waals surface area contributed by atoms with Gasteiger partial charge < -0.3 is 10.3 Å². The molecule has 3 rings (SSSR count). The van der Waals surface area contributed by atoms with E-state index < -0.39 is 0 Å². The van der Waals surface area contributed by atoms with E-state index >= 15 is 0 Å². The quantitative estimate of drug-likeness (QED) is 0.530. The van der Waals surface area contributed by atoms with Crippen LogP contribution >= 0.6 is 11.8 Å². The third-order valence-electron chi connectivity index (χ3n) is 2.75. The molecule has 0 aliphatic heterocycles. The van der Waals surface area contributed by atoms with Crippen molar-refractivity contribution < 1.29 is 4.52 Å². The third-order valence-corrected chi connectivity index (χ3v) is 3.68. The smallest absolute Gasteiger partial charge is 0.226 e. The summed E-state index contributed by atoms with van der Waals surface area (Å²) in [5, 5.41) is 11.2. The summed E-state index contributed by atoms with van der Waals surface area (Å²) < 4.78 is 5.25. The second kappa shape index (κ2) is 6.40. The molecular weight excluding hydrogens is 288 g/mol. The van der Waals surface area contributed by atoms with Gasteiger partial charge in [0, 0.05) is 17.7 Å². The first-order valence-electron chi connectivity index (χ1n) is 6.50. The lowest BCUT2D eigenvalue weighted by atomic mass is 10.2. The predicted octanol–water partition coefficient (Wildman–Crippen LogP) is 2.16. The zero-order chi connectivity index (χ0) is 14.5. The minimum absolute atomic E-state index is 0.335. The van der Waals surface area contributed by atoms with Gasteiger partial charge in [0.15, 0.2) is 0 Å². The van der Waals surface area contributed by atoms with Gasteiger partial charge in [-0.15, -0.1) is 5.10 Å². The van der Waals surface area contributed by atoms with E-state index in [1.54, 1.807) is 11.8 Å². The number of nitrogens with zero attached hydrogens (tertiary/aromatic N) is 4. The summed E-state index contributed by atoms with van der Waals surface area (Å²) in [7, 11) is 0. The van der Waals surface area contributed by atoms with Gasteiger partial charge in [0.1, 0.15) is 0 Å². The van der Waals surface area contributed by atoms with Crippen molar-refractivity contribution in [1.82, 2.24) is 25.3 Å². The molecule has 3 N–H and O–H groups in total.